The van der Waals surface area contributed by atoms with Crippen LogP contribution < -0.4 is 0 Å². The first kappa shape index (κ1) is 14.9. The Morgan fingerprint density at radius 3 is 2.84 bits per heavy atom. The van der Waals surface area contributed by atoms with Gasteiger partial charge in [-0.25, -0.2) is 0 Å². The zero-order valence-corrected chi connectivity index (χ0v) is 11.6. The van der Waals surface area contributed by atoms with Gasteiger partial charge in [0, 0.05) is 7.11 Å². The Kier molecular flexibility index (Phi) is 4.60. The van der Waals surface area contributed by atoms with E-state index in [1.807, 2.05) is 13.8 Å². The third-order valence-corrected chi connectivity index (χ3v) is 3.27. The second-order valence-electron chi connectivity index (χ2n) is 5.15. The van der Waals surface area contributed by atoms with Crippen LogP contribution in [0.4, 0.5) is 0 Å². The average molecular weight is 274 g/mol. The molecule has 5 atom stereocenters. The van der Waals surface area contributed by atoms with E-state index < -0.39 is 30.4 Å². The molecule has 0 amide bonds. The fraction of sp³-hybridized carbons (Fsp3) is 0.846. The quantitative estimate of drug-likeness (QED) is 0.750. The maximum Gasteiger partial charge on any atom is 0.186 e. The van der Waals surface area contributed by atoms with E-state index in [9.17, 15) is 5.11 Å². The van der Waals surface area contributed by atoms with Gasteiger partial charge in [-0.05, 0) is 13.8 Å². The van der Waals surface area contributed by atoms with Crippen LogP contribution in [0.2, 0.25) is 0 Å². The number of fused-ring (bicyclic) bond motifs is 1. The summed E-state index contributed by atoms with van der Waals surface area (Å²) in [4.78, 5) is 0. The molecular formula is C13H22O6. The molecule has 0 bridgehead atoms. The molecule has 110 valence electrons. The van der Waals surface area contributed by atoms with Gasteiger partial charge in [-0.2, -0.15) is 0 Å². The molecule has 2 fully saturated rings. The molecular weight excluding hydrogens is 252 g/mol. The molecule has 2 saturated heterocycles. The Morgan fingerprint density at radius 2 is 2.21 bits per heavy atom. The average Bonchev–Trinajstić information content (AvgIpc) is 2.36. The zero-order valence-electron chi connectivity index (χ0n) is 11.6. The molecule has 2 aliphatic heterocycles. The van der Waals surface area contributed by atoms with Crippen molar-refractivity contribution in [3.8, 4) is 0 Å². The number of hydrogen-bond acceptors (Lipinski definition) is 6. The lowest BCUT2D eigenvalue weighted by Gasteiger charge is -2.49. The number of methoxy groups -OCH3 is 1. The fourth-order valence-corrected chi connectivity index (χ4v) is 2.38. The maximum absolute atomic E-state index is 10.2. The Hall–Kier alpha value is -0.500. The SMILES string of the molecule is C=CCOC1[C@H]2OC(C)(C)OCC2O[C@@H](OC)[C@H]1O. The molecule has 6 heteroatoms. The molecule has 2 heterocycles. The first-order valence-electron chi connectivity index (χ1n) is 6.39. The molecule has 0 spiro atoms. The Morgan fingerprint density at radius 1 is 1.47 bits per heavy atom. The van der Waals surface area contributed by atoms with Crippen molar-refractivity contribution in [3.05, 3.63) is 12.7 Å². The molecule has 0 saturated carbocycles. The van der Waals surface area contributed by atoms with Gasteiger partial charge in [-0.3, -0.25) is 0 Å². The van der Waals surface area contributed by atoms with Crippen LogP contribution in [0.5, 0.6) is 0 Å². The van der Waals surface area contributed by atoms with Crippen molar-refractivity contribution < 1.29 is 28.8 Å². The van der Waals surface area contributed by atoms with Gasteiger partial charge in [-0.15, -0.1) is 6.58 Å². The fourth-order valence-electron chi connectivity index (χ4n) is 2.38. The lowest BCUT2D eigenvalue weighted by Crippen LogP contribution is -2.65. The van der Waals surface area contributed by atoms with Gasteiger partial charge in [0.1, 0.15) is 24.4 Å². The van der Waals surface area contributed by atoms with Crippen molar-refractivity contribution in [1.82, 2.24) is 0 Å². The zero-order chi connectivity index (χ0) is 14.0. The van der Waals surface area contributed by atoms with Gasteiger partial charge in [-0.1, -0.05) is 6.08 Å². The summed E-state index contributed by atoms with van der Waals surface area (Å²) in [6.07, 6.45) is -1.29. The minimum absolute atomic E-state index is 0.323. The highest BCUT2D eigenvalue weighted by Gasteiger charge is 2.51. The van der Waals surface area contributed by atoms with Gasteiger partial charge in [0.15, 0.2) is 12.1 Å². The van der Waals surface area contributed by atoms with E-state index in [2.05, 4.69) is 6.58 Å². The lowest BCUT2D eigenvalue weighted by molar-refractivity contribution is -0.383. The van der Waals surface area contributed by atoms with Crippen molar-refractivity contribution in [2.24, 2.45) is 0 Å². The van der Waals surface area contributed by atoms with E-state index in [4.69, 9.17) is 23.7 Å². The van der Waals surface area contributed by atoms with Crippen LogP contribution >= 0.6 is 0 Å². The standard InChI is InChI=1S/C13H22O6/c1-5-6-16-11-9(14)12(15-4)18-8-7-17-13(2,3)19-10(8)11/h5,8-12,14H,1,6-7H2,2-4H3/t8?,9-,10-,11?,12+/m0/s1. The summed E-state index contributed by atoms with van der Waals surface area (Å²) in [7, 11) is 1.48. The first-order valence-corrected chi connectivity index (χ1v) is 6.39. The maximum atomic E-state index is 10.2. The van der Waals surface area contributed by atoms with Gasteiger partial charge in [0.2, 0.25) is 0 Å². The van der Waals surface area contributed by atoms with Crippen molar-refractivity contribution >= 4 is 0 Å². The van der Waals surface area contributed by atoms with Crippen LogP contribution in [0.15, 0.2) is 12.7 Å². The van der Waals surface area contributed by atoms with Crippen LogP contribution in [0.1, 0.15) is 13.8 Å². The number of ether oxygens (including phenoxy) is 5. The summed E-state index contributed by atoms with van der Waals surface area (Å²) in [5.41, 5.74) is 0. The van der Waals surface area contributed by atoms with Gasteiger partial charge in [0.05, 0.1) is 13.2 Å². The number of hydrogen-bond donors (Lipinski definition) is 1. The molecule has 2 rings (SSSR count). The predicted molar refractivity (Wildman–Crippen MR) is 66.5 cm³/mol. The van der Waals surface area contributed by atoms with Crippen LogP contribution in [-0.2, 0) is 23.7 Å². The Balaban J connectivity index is 2.15. The molecule has 0 radical (unpaired) electrons. The Labute approximate surface area is 113 Å². The summed E-state index contributed by atoms with van der Waals surface area (Å²) in [5.74, 6) is -0.722. The van der Waals surface area contributed by atoms with Gasteiger partial charge in [0.25, 0.3) is 0 Å². The van der Waals surface area contributed by atoms with Gasteiger partial charge >= 0.3 is 0 Å². The molecule has 1 N–H and O–H groups in total. The van der Waals surface area contributed by atoms with Crippen LogP contribution in [0.3, 0.4) is 0 Å². The number of aliphatic hydroxyl groups excluding tert-OH is 1. The normalized spacial score (nSPS) is 41.6. The van der Waals surface area contributed by atoms with E-state index in [1.54, 1.807) is 6.08 Å². The van der Waals surface area contributed by atoms with Crippen molar-refractivity contribution in [1.29, 1.82) is 0 Å². The Bertz CT molecular complexity index is 318. The smallest absolute Gasteiger partial charge is 0.186 e. The molecule has 0 aromatic rings. The molecule has 0 aromatic heterocycles. The topological polar surface area (TPSA) is 66.4 Å². The molecule has 0 aromatic carbocycles. The highest BCUT2D eigenvalue weighted by Crippen LogP contribution is 2.33. The van der Waals surface area contributed by atoms with E-state index >= 15 is 0 Å². The van der Waals surface area contributed by atoms with Gasteiger partial charge < -0.3 is 28.8 Å². The molecule has 2 unspecified atom stereocenters. The second kappa shape index (κ2) is 5.87. The van der Waals surface area contributed by atoms with E-state index in [-0.39, 0.29) is 6.10 Å². The molecule has 0 aliphatic carbocycles. The van der Waals surface area contributed by atoms with Crippen LogP contribution in [0, 0.1) is 0 Å². The van der Waals surface area contributed by atoms with E-state index in [1.165, 1.54) is 7.11 Å². The van der Waals surface area contributed by atoms with Crippen LogP contribution in [-0.4, -0.2) is 61.9 Å². The highest BCUT2D eigenvalue weighted by atomic mass is 16.8. The summed E-state index contributed by atoms with van der Waals surface area (Å²) in [6, 6.07) is 0. The molecule has 19 heavy (non-hydrogen) atoms. The number of rotatable bonds is 4. The third kappa shape index (κ3) is 3.16. The number of aliphatic hydroxyl groups is 1. The van der Waals surface area contributed by atoms with Crippen molar-refractivity contribution in [2.45, 2.75) is 50.3 Å². The van der Waals surface area contributed by atoms with Crippen molar-refractivity contribution in [2.75, 3.05) is 20.3 Å². The summed E-state index contributed by atoms with van der Waals surface area (Å²) in [6.45, 7) is 7.95. The summed E-state index contributed by atoms with van der Waals surface area (Å²) < 4.78 is 27.8. The lowest BCUT2D eigenvalue weighted by atomic mass is 9.97. The second-order valence-corrected chi connectivity index (χ2v) is 5.15. The third-order valence-electron chi connectivity index (χ3n) is 3.27. The van der Waals surface area contributed by atoms with E-state index in [0.29, 0.717) is 13.2 Å². The predicted octanol–water partition coefficient (Wildman–Crippen LogP) is 0.441. The minimum Gasteiger partial charge on any atom is -0.385 e. The monoisotopic (exact) mass is 274 g/mol. The van der Waals surface area contributed by atoms with Crippen LogP contribution in [0.25, 0.3) is 0 Å². The largest absolute Gasteiger partial charge is 0.385 e. The molecule has 2 aliphatic rings. The summed E-state index contributed by atoms with van der Waals surface area (Å²) >= 11 is 0. The van der Waals surface area contributed by atoms with E-state index in [0.717, 1.165) is 0 Å². The molecule has 6 nitrogen and oxygen atoms in total. The van der Waals surface area contributed by atoms with Crippen molar-refractivity contribution in [3.63, 3.8) is 0 Å². The highest BCUT2D eigenvalue weighted by molar-refractivity contribution is 4.94. The minimum atomic E-state index is -0.917. The first-order chi connectivity index (χ1) is 8.98. The summed E-state index contributed by atoms with van der Waals surface area (Å²) in [5, 5.41) is 10.2.